The molecule has 0 bridgehead atoms. The van der Waals surface area contributed by atoms with Crippen molar-refractivity contribution in [3.63, 3.8) is 0 Å². The molecule has 1 saturated heterocycles. The van der Waals surface area contributed by atoms with E-state index in [1.165, 1.54) is 0 Å². The fraction of sp³-hybridized carbons (Fsp3) is 0.875. The number of rotatable bonds is 2. The summed E-state index contributed by atoms with van der Waals surface area (Å²) in [6, 6.07) is -1.15. The molecular formula is C8H12F3NO3. The Hall–Kier alpha value is -0.820. The highest BCUT2D eigenvalue weighted by Gasteiger charge is 2.48. The number of aliphatic hydroxyl groups excluding tert-OH is 1. The van der Waals surface area contributed by atoms with Crippen LogP contribution >= 0.6 is 0 Å². The molecule has 1 heterocycles. The second-order valence-corrected chi connectivity index (χ2v) is 3.25. The van der Waals surface area contributed by atoms with Crippen LogP contribution in [0.1, 0.15) is 9.16 Å². The van der Waals surface area contributed by atoms with E-state index in [2.05, 4.69) is 4.74 Å². The molecule has 1 fully saturated rings. The molecule has 15 heavy (non-hydrogen) atoms. The van der Waals surface area contributed by atoms with Crippen molar-refractivity contribution in [1.82, 2.24) is 4.90 Å². The Bertz CT molecular complexity index is 288. The lowest BCUT2D eigenvalue weighted by atomic mass is 10.2. The van der Waals surface area contributed by atoms with Crippen LogP contribution in [0.25, 0.3) is 0 Å². The molecule has 1 amide bonds. The number of carbonyl (C=O) groups excluding carboxylic acids is 1. The van der Waals surface area contributed by atoms with E-state index in [1.807, 2.05) is 0 Å². The Balaban J connectivity index is 2.68. The molecule has 0 saturated carbocycles. The molecule has 88 valence electrons. The number of alkyl halides is 3. The van der Waals surface area contributed by atoms with Gasteiger partial charge in [0.1, 0.15) is 0 Å². The van der Waals surface area contributed by atoms with Crippen molar-refractivity contribution in [3.05, 3.63) is 0 Å². The van der Waals surface area contributed by atoms with Crippen LogP contribution in [0, 0.1) is 0 Å². The molecule has 4 nitrogen and oxygen atoms in total. The Morgan fingerprint density at radius 3 is 3.07 bits per heavy atom. The highest BCUT2D eigenvalue weighted by atomic mass is 19.4. The maximum Gasteiger partial charge on any atom is 0.471 e. The van der Waals surface area contributed by atoms with Crippen LogP contribution in [0.2, 0.25) is 0 Å². The van der Waals surface area contributed by atoms with Crippen molar-refractivity contribution in [2.45, 2.75) is 24.7 Å². The van der Waals surface area contributed by atoms with Crippen LogP contribution in [0.3, 0.4) is 0 Å². The lowest BCUT2D eigenvalue weighted by Gasteiger charge is -2.26. The molecule has 0 aromatic carbocycles. The summed E-state index contributed by atoms with van der Waals surface area (Å²) >= 11 is 0. The van der Waals surface area contributed by atoms with E-state index in [1.54, 1.807) is 0 Å². The van der Waals surface area contributed by atoms with Crippen molar-refractivity contribution in [3.8, 4) is 0 Å². The first kappa shape index (κ1) is 9.41. The zero-order valence-corrected chi connectivity index (χ0v) is 7.70. The van der Waals surface area contributed by atoms with Gasteiger partial charge in [-0.15, -0.1) is 0 Å². The molecule has 0 aliphatic carbocycles. The van der Waals surface area contributed by atoms with Crippen LogP contribution in [0.15, 0.2) is 0 Å². The zero-order valence-electron chi connectivity index (χ0n) is 9.70. The van der Waals surface area contributed by atoms with E-state index in [4.69, 9.17) is 2.74 Å². The number of carbonyl (C=O) groups is 1. The van der Waals surface area contributed by atoms with Gasteiger partial charge in [-0.3, -0.25) is 4.79 Å². The number of methoxy groups -OCH3 is 1. The van der Waals surface area contributed by atoms with Crippen molar-refractivity contribution in [2.24, 2.45) is 0 Å². The lowest BCUT2D eigenvalue weighted by Crippen LogP contribution is -2.48. The smallest absolute Gasteiger partial charge is 0.391 e. The van der Waals surface area contributed by atoms with Gasteiger partial charge < -0.3 is 14.7 Å². The molecule has 2 unspecified atom stereocenters. The van der Waals surface area contributed by atoms with E-state index >= 15 is 0 Å². The summed E-state index contributed by atoms with van der Waals surface area (Å²) in [4.78, 5) is 11.5. The summed E-state index contributed by atoms with van der Waals surface area (Å²) in [7, 11) is -1.66. The average Bonchev–Trinajstić information content (AvgIpc) is 2.54. The van der Waals surface area contributed by atoms with Crippen molar-refractivity contribution >= 4 is 5.91 Å². The highest BCUT2D eigenvalue weighted by molar-refractivity contribution is 5.82. The minimum Gasteiger partial charge on any atom is -0.391 e. The predicted octanol–water partition coefficient (Wildman–Crippen LogP) is 0.157. The summed E-state index contributed by atoms with van der Waals surface area (Å²) in [6.07, 6.45) is -6.10. The Kier molecular flexibility index (Phi) is 2.73. The van der Waals surface area contributed by atoms with Gasteiger partial charge in [0.15, 0.2) is 0 Å². The first-order chi connectivity index (χ1) is 7.73. The Labute approximate surface area is 87.4 Å². The normalized spacial score (nSPS) is 31.1. The largest absolute Gasteiger partial charge is 0.471 e. The van der Waals surface area contributed by atoms with Gasteiger partial charge in [-0.1, -0.05) is 0 Å². The van der Waals surface area contributed by atoms with Gasteiger partial charge in [-0.2, -0.15) is 13.2 Å². The molecule has 1 aliphatic rings. The highest BCUT2D eigenvalue weighted by Crippen LogP contribution is 2.25. The summed E-state index contributed by atoms with van der Waals surface area (Å²) in [5.41, 5.74) is 0. The number of hydrogen-bond acceptors (Lipinski definition) is 3. The van der Waals surface area contributed by atoms with E-state index in [-0.39, 0.29) is 13.0 Å². The maximum atomic E-state index is 12.2. The van der Waals surface area contributed by atoms with Crippen LogP contribution in [0.4, 0.5) is 13.2 Å². The van der Waals surface area contributed by atoms with Gasteiger partial charge in [-0.25, -0.2) is 0 Å². The SMILES string of the molecule is [2H]C([3H])OC[C@@H]1C(O)CCN1C(=O)C(F)(F)F. The van der Waals surface area contributed by atoms with Crippen molar-refractivity contribution in [1.29, 1.82) is 0 Å². The molecule has 0 radical (unpaired) electrons. The number of halogens is 3. The first-order valence-corrected chi connectivity index (χ1v) is 4.25. The fourth-order valence-corrected chi connectivity index (χ4v) is 1.55. The van der Waals surface area contributed by atoms with E-state index in [0.29, 0.717) is 4.90 Å². The molecule has 1 aliphatic heterocycles. The van der Waals surface area contributed by atoms with Crippen LogP contribution in [-0.4, -0.2) is 54.4 Å². The predicted molar refractivity (Wildman–Crippen MR) is 44.1 cm³/mol. The minimum absolute atomic E-state index is 0.0243. The van der Waals surface area contributed by atoms with E-state index in [0.717, 1.165) is 0 Å². The third-order valence-corrected chi connectivity index (χ3v) is 2.28. The summed E-state index contributed by atoms with van der Waals surface area (Å²) in [5.74, 6) is -2.03. The maximum absolute atomic E-state index is 12.2. The van der Waals surface area contributed by atoms with Gasteiger partial charge in [-0.05, 0) is 6.42 Å². The molecule has 0 spiro atoms. The number of aliphatic hydroxyl groups is 1. The second-order valence-electron chi connectivity index (χ2n) is 3.25. The number of nitrogens with zero attached hydrogens (tertiary/aromatic N) is 1. The second kappa shape index (κ2) is 4.36. The monoisotopic (exact) mass is 230 g/mol. The topological polar surface area (TPSA) is 49.8 Å². The fourth-order valence-electron chi connectivity index (χ4n) is 1.55. The zero-order chi connectivity index (χ0) is 13.2. The first-order valence-electron chi connectivity index (χ1n) is 5.41. The van der Waals surface area contributed by atoms with E-state index < -0.39 is 37.9 Å². The molecule has 1 N–H and O–H groups in total. The number of hydrogen-bond donors (Lipinski definition) is 1. The molecule has 3 atom stereocenters. The van der Waals surface area contributed by atoms with Gasteiger partial charge in [0.2, 0.25) is 0 Å². The number of likely N-dealkylation sites (tertiary alicyclic amines) is 1. The van der Waals surface area contributed by atoms with Gasteiger partial charge >= 0.3 is 12.1 Å². The quantitative estimate of drug-likeness (QED) is 0.735. The lowest BCUT2D eigenvalue weighted by molar-refractivity contribution is -0.187. The van der Waals surface area contributed by atoms with Gasteiger partial charge in [0.25, 0.3) is 0 Å². The number of ether oxygens (including phenoxy) is 1. The third-order valence-electron chi connectivity index (χ3n) is 2.28. The molecule has 0 aromatic rings. The minimum atomic E-state index is -5.00. The van der Waals surface area contributed by atoms with Crippen LogP contribution in [-0.2, 0) is 9.53 Å². The number of amides is 1. The van der Waals surface area contributed by atoms with Gasteiger partial charge in [0, 0.05) is 13.6 Å². The summed E-state index contributed by atoms with van der Waals surface area (Å²) < 4.78 is 54.6. The molecule has 1 rings (SSSR count). The summed E-state index contributed by atoms with van der Waals surface area (Å²) in [6.45, 7) is -0.672. The van der Waals surface area contributed by atoms with E-state index in [9.17, 15) is 23.1 Å². The van der Waals surface area contributed by atoms with Crippen LogP contribution in [0.5, 0.6) is 0 Å². The molecule has 7 heteroatoms. The summed E-state index contributed by atoms with van der Waals surface area (Å²) in [5, 5.41) is 9.42. The van der Waals surface area contributed by atoms with Crippen molar-refractivity contribution < 1.29 is 30.6 Å². The van der Waals surface area contributed by atoms with Crippen molar-refractivity contribution in [2.75, 3.05) is 20.2 Å². The van der Waals surface area contributed by atoms with Gasteiger partial charge in [0.05, 0.1) is 21.5 Å². The average molecular weight is 230 g/mol. The Morgan fingerprint density at radius 1 is 1.87 bits per heavy atom. The molecular weight excluding hydrogens is 215 g/mol. The Morgan fingerprint density at radius 2 is 2.53 bits per heavy atom. The third kappa shape index (κ3) is 2.60. The molecule has 0 aromatic heterocycles. The van der Waals surface area contributed by atoms with Crippen LogP contribution < -0.4 is 0 Å². The standard InChI is InChI=1S/C8H12F3NO3/c1-15-4-5-6(13)2-3-12(5)7(14)8(9,10)11/h5-6,13H,2-4H2,1H3/t5-,6?/m1/s1/i1TD/t1?,5-,6?.